The Labute approximate surface area is 317 Å². The molecule has 0 aliphatic rings. The molecule has 0 radical (unpaired) electrons. The molecule has 0 fully saturated rings. The van der Waals surface area contributed by atoms with Crippen LogP contribution >= 0.6 is 0 Å². The van der Waals surface area contributed by atoms with Gasteiger partial charge in [-0.05, 0) is 132 Å². The maximum Gasteiger partial charge on any atom is 0.115 e. The Bertz CT molecular complexity index is 2510. The fraction of sp³-hybridized carbons (Fsp3) is 0.250. The molecule has 6 heteroatoms. The van der Waals surface area contributed by atoms with Gasteiger partial charge >= 0.3 is 0 Å². The quantitative estimate of drug-likeness (QED) is 0.146. The summed E-state index contributed by atoms with van der Waals surface area (Å²) in [6.45, 7) is 18.0. The maximum atomic E-state index is 5.49. The van der Waals surface area contributed by atoms with Crippen LogP contribution in [0.4, 0.5) is 0 Å². The first kappa shape index (κ1) is 35.2. The zero-order valence-electron chi connectivity index (χ0n) is 32.5. The number of hydrogen-bond acceptors (Lipinski definition) is 6. The highest BCUT2D eigenvalue weighted by atomic mass is 14.8. The molecule has 0 aliphatic heterocycles. The number of hydrogen-bond donors (Lipinski definition) is 0. The van der Waals surface area contributed by atoms with Crippen molar-refractivity contribution >= 4 is 32.6 Å². The van der Waals surface area contributed by atoms with E-state index in [1.807, 2.05) is 24.8 Å². The molecule has 268 valence electrons. The number of aromatic nitrogens is 6. The van der Waals surface area contributed by atoms with E-state index in [0.29, 0.717) is 11.8 Å². The van der Waals surface area contributed by atoms with Gasteiger partial charge in [0.15, 0.2) is 0 Å². The molecule has 0 spiro atoms. The minimum atomic E-state index is 0.466. The van der Waals surface area contributed by atoms with E-state index in [0.717, 1.165) is 79.4 Å². The van der Waals surface area contributed by atoms with E-state index in [4.69, 9.17) is 9.97 Å². The van der Waals surface area contributed by atoms with E-state index in [-0.39, 0.29) is 0 Å². The van der Waals surface area contributed by atoms with Crippen LogP contribution in [0.3, 0.4) is 0 Å². The molecule has 0 amide bonds. The Morgan fingerprint density at radius 3 is 1.20 bits per heavy atom. The molecule has 0 atom stereocenters. The Morgan fingerprint density at radius 1 is 0.463 bits per heavy atom. The molecule has 4 aromatic carbocycles. The zero-order chi connectivity index (χ0) is 37.7. The summed E-state index contributed by atoms with van der Waals surface area (Å²) in [6, 6.07) is 22.4. The molecule has 0 N–H and O–H groups in total. The van der Waals surface area contributed by atoms with Crippen LogP contribution < -0.4 is 0 Å². The van der Waals surface area contributed by atoms with Crippen molar-refractivity contribution < 1.29 is 0 Å². The standard InChI is InChI=1S/C48H46N6/c1-27(2)15-39-29(5)31(7)53-47-43-20-42(36-14-10-12-34(18-36)38-23-51-26-52-24-38)46-40(16-28(3)4)30(6)32(8)54-48(46)44(43)19-41(45(39)47)35-13-9-11-33(17-35)37-21-49-25-50-22-37/h9-14,17-28H,15-16H2,1-8H3. The van der Waals surface area contributed by atoms with Crippen LogP contribution in [-0.4, -0.2) is 29.9 Å². The average molecular weight is 707 g/mol. The van der Waals surface area contributed by atoms with Crippen LogP contribution in [0.1, 0.15) is 61.3 Å². The van der Waals surface area contributed by atoms with Crippen molar-refractivity contribution in [3.05, 3.63) is 132 Å². The van der Waals surface area contributed by atoms with Crippen LogP contribution in [0.25, 0.3) is 77.1 Å². The summed E-state index contributed by atoms with van der Waals surface area (Å²) in [7, 11) is 0. The van der Waals surface area contributed by atoms with E-state index < -0.39 is 0 Å². The number of pyridine rings is 2. The SMILES string of the molecule is Cc1nc2c(c(-c3cccc(-c4cncnc4)c3)cc3c2cc(-c2cccc(-c4cncnc4)c2)c2c(CC(C)C)c(C)c(C)nc23)c(CC(C)C)c1C. The van der Waals surface area contributed by atoms with Crippen LogP contribution in [0.5, 0.6) is 0 Å². The first-order chi connectivity index (χ1) is 26.1. The monoisotopic (exact) mass is 706 g/mol. The lowest BCUT2D eigenvalue weighted by Crippen LogP contribution is -2.06. The summed E-state index contributed by atoms with van der Waals surface area (Å²) in [5, 5.41) is 4.67. The van der Waals surface area contributed by atoms with Gasteiger partial charge in [-0.3, -0.25) is 9.97 Å². The molecule has 0 saturated carbocycles. The van der Waals surface area contributed by atoms with Crippen molar-refractivity contribution in [1.29, 1.82) is 0 Å². The molecule has 4 heterocycles. The molecule has 0 aliphatic carbocycles. The number of benzene rings is 4. The predicted molar refractivity (Wildman–Crippen MR) is 224 cm³/mol. The van der Waals surface area contributed by atoms with E-state index in [1.54, 1.807) is 12.7 Å². The van der Waals surface area contributed by atoms with Gasteiger partial charge in [0.2, 0.25) is 0 Å². The second-order valence-corrected chi connectivity index (χ2v) is 15.6. The number of nitrogens with zero attached hydrogens (tertiary/aromatic N) is 6. The van der Waals surface area contributed by atoms with Gasteiger partial charge in [0.05, 0.1) is 11.0 Å². The minimum Gasteiger partial charge on any atom is -0.252 e. The smallest absolute Gasteiger partial charge is 0.115 e. The van der Waals surface area contributed by atoms with Gasteiger partial charge in [-0.2, -0.15) is 0 Å². The molecule has 0 saturated heterocycles. The summed E-state index contributed by atoms with van der Waals surface area (Å²) < 4.78 is 0. The fourth-order valence-corrected chi connectivity index (χ4v) is 8.07. The van der Waals surface area contributed by atoms with E-state index in [1.165, 1.54) is 44.2 Å². The molecule has 4 aromatic heterocycles. The first-order valence-corrected chi connectivity index (χ1v) is 19.0. The van der Waals surface area contributed by atoms with Crippen LogP contribution in [0, 0.1) is 39.5 Å². The van der Waals surface area contributed by atoms with Crippen molar-refractivity contribution in [3.8, 4) is 44.5 Å². The number of fused-ring (bicyclic) bond motifs is 5. The van der Waals surface area contributed by atoms with Gasteiger partial charge in [-0.25, -0.2) is 19.9 Å². The molecule has 6 nitrogen and oxygen atoms in total. The third-order valence-corrected chi connectivity index (χ3v) is 10.9. The summed E-state index contributed by atoms with van der Waals surface area (Å²) >= 11 is 0. The molecular formula is C48H46N6. The van der Waals surface area contributed by atoms with Gasteiger partial charge < -0.3 is 0 Å². The highest BCUT2D eigenvalue weighted by Crippen LogP contribution is 2.45. The molecule has 54 heavy (non-hydrogen) atoms. The lowest BCUT2D eigenvalue weighted by atomic mass is 9.83. The Balaban J connectivity index is 1.55. The van der Waals surface area contributed by atoms with E-state index in [9.17, 15) is 0 Å². The van der Waals surface area contributed by atoms with Crippen molar-refractivity contribution in [1.82, 2.24) is 29.9 Å². The summed E-state index contributed by atoms with van der Waals surface area (Å²) in [5.41, 5.74) is 18.2. The Hall–Kier alpha value is -5.88. The number of aryl methyl sites for hydroxylation is 2. The summed E-state index contributed by atoms with van der Waals surface area (Å²) in [5.74, 6) is 0.931. The van der Waals surface area contributed by atoms with Crippen LogP contribution in [-0.2, 0) is 12.8 Å². The molecule has 0 bridgehead atoms. The Morgan fingerprint density at radius 2 is 0.833 bits per heavy atom. The Kier molecular flexibility index (Phi) is 9.22. The lowest BCUT2D eigenvalue weighted by molar-refractivity contribution is 0.647. The number of rotatable bonds is 8. The van der Waals surface area contributed by atoms with Crippen LogP contribution in [0.15, 0.2) is 98.1 Å². The average Bonchev–Trinajstić information content (AvgIpc) is 3.18. The topological polar surface area (TPSA) is 77.3 Å². The van der Waals surface area contributed by atoms with Gasteiger partial charge in [0, 0.05) is 68.8 Å². The van der Waals surface area contributed by atoms with Gasteiger partial charge in [-0.15, -0.1) is 0 Å². The second-order valence-electron chi connectivity index (χ2n) is 15.6. The predicted octanol–water partition coefficient (Wildman–Crippen LogP) is 11.8. The van der Waals surface area contributed by atoms with E-state index in [2.05, 4.69) is 136 Å². The van der Waals surface area contributed by atoms with E-state index >= 15 is 0 Å². The molecule has 0 unspecified atom stereocenters. The summed E-state index contributed by atoms with van der Waals surface area (Å²) in [6.07, 6.45) is 12.6. The van der Waals surface area contributed by atoms with Crippen molar-refractivity contribution in [2.45, 2.75) is 68.2 Å². The van der Waals surface area contributed by atoms with Gasteiger partial charge in [-0.1, -0.05) is 64.1 Å². The first-order valence-electron chi connectivity index (χ1n) is 19.0. The highest BCUT2D eigenvalue weighted by molar-refractivity contribution is 6.23. The third kappa shape index (κ3) is 6.30. The normalized spacial score (nSPS) is 11.8. The minimum absolute atomic E-state index is 0.466. The largest absolute Gasteiger partial charge is 0.252 e. The van der Waals surface area contributed by atoms with Gasteiger partial charge in [0.1, 0.15) is 12.7 Å². The summed E-state index contributed by atoms with van der Waals surface area (Å²) in [4.78, 5) is 28.3. The second kappa shape index (κ2) is 14.2. The zero-order valence-corrected chi connectivity index (χ0v) is 32.5. The molecule has 8 aromatic rings. The van der Waals surface area contributed by atoms with Gasteiger partial charge in [0.25, 0.3) is 0 Å². The lowest BCUT2D eigenvalue weighted by Gasteiger charge is -2.23. The maximum absolute atomic E-state index is 5.49. The highest BCUT2D eigenvalue weighted by Gasteiger charge is 2.24. The van der Waals surface area contributed by atoms with Crippen molar-refractivity contribution in [3.63, 3.8) is 0 Å². The van der Waals surface area contributed by atoms with Crippen molar-refractivity contribution in [2.75, 3.05) is 0 Å². The fourth-order valence-electron chi connectivity index (χ4n) is 8.07. The molecule has 8 rings (SSSR count). The molecular weight excluding hydrogens is 661 g/mol. The third-order valence-electron chi connectivity index (χ3n) is 10.9. The van der Waals surface area contributed by atoms with Crippen molar-refractivity contribution in [2.24, 2.45) is 11.8 Å². The van der Waals surface area contributed by atoms with Crippen LogP contribution in [0.2, 0.25) is 0 Å².